The molecule has 52 heavy (non-hydrogen) atoms. The summed E-state index contributed by atoms with van der Waals surface area (Å²) < 4.78 is 12.2. The quantitative estimate of drug-likeness (QED) is 0.166. The normalized spacial score (nSPS) is 18.9. The number of nitrogens with one attached hydrogen (secondary N) is 2. The van der Waals surface area contributed by atoms with Gasteiger partial charge in [-0.1, -0.05) is 83.6 Å². The van der Waals surface area contributed by atoms with Crippen LogP contribution in [0.1, 0.15) is 90.8 Å². The third-order valence-electron chi connectivity index (χ3n) is 10.4. The fourth-order valence-corrected chi connectivity index (χ4v) is 8.09. The highest BCUT2D eigenvalue weighted by Crippen LogP contribution is 2.31. The highest BCUT2D eigenvalue weighted by Gasteiger charge is 2.43. The number of carbonyl (C=O) groups is 3. The number of carbonyl (C=O) groups excluding carboxylic acids is 3. The minimum Gasteiger partial charge on any atom is -0.379 e. The van der Waals surface area contributed by atoms with Gasteiger partial charge in [-0.3, -0.25) is 14.4 Å². The van der Waals surface area contributed by atoms with E-state index in [0.29, 0.717) is 11.5 Å². The van der Waals surface area contributed by atoms with Gasteiger partial charge in [0.05, 0.1) is 47.3 Å². The van der Waals surface area contributed by atoms with E-state index in [9.17, 15) is 14.4 Å². The first-order valence-electron chi connectivity index (χ1n) is 18.5. The van der Waals surface area contributed by atoms with E-state index in [1.165, 1.54) is 5.56 Å². The molecule has 0 spiro atoms. The Bertz CT molecular complexity index is 1440. The highest BCUT2D eigenvalue weighted by atomic mass is 32.1. The van der Waals surface area contributed by atoms with E-state index < -0.39 is 29.6 Å². The number of amides is 3. The largest absolute Gasteiger partial charge is 0.379 e. The average molecular weight is 759 g/mol. The molecule has 8 atom stereocenters. The van der Waals surface area contributed by atoms with Crippen molar-refractivity contribution in [3.05, 3.63) is 52.5 Å². The number of hydrogen-bond acceptors (Lipinski definition) is 9. The number of methoxy groups -OCH3 is 2. The molecule has 2 aromatic rings. The highest BCUT2D eigenvalue weighted by molar-refractivity contribution is 7.80. The molecular formula is C39H62N6O5S2. The monoisotopic (exact) mass is 758 g/mol. The molecule has 3 amide bonds. The van der Waals surface area contributed by atoms with Gasteiger partial charge in [0, 0.05) is 45.3 Å². The molecular weight excluding hydrogens is 697 g/mol. The fraction of sp³-hybridized carbons (Fsp3) is 0.667. The topological polar surface area (TPSA) is 139 Å². The van der Waals surface area contributed by atoms with Crippen LogP contribution in [0.4, 0.5) is 0 Å². The van der Waals surface area contributed by atoms with Crippen LogP contribution in [-0.4, -0.2) is 101 Å². The first-order valence-corrected chi connectivity index (χ1v) is 19.8. The van der Waals surface area contributed by atoms with E-state index in [4.69, 9.17) is 27.4 Å². The van der Waals surface area contributed by atoms with Crippen LogP contribution in [0.3, 0.4) is 0 Å². The maximum atomic E-state index is 14.2. The Morgan fingerprint density at radius 2 is 1.79 bits per heavy atom. The van der Waals surface area contributed by atoms with Crippen molar-refractivity contribution in [2.24, 2.45) is 23.5 Å². The van der Waals surface area contributed by atoms with E-state index in [0.717, 1.165) is 30.7 Å². The Kier molecular flexibility index (Phi) is 16.6. The van der Waals surface area contributed by atoms with Gasteiger partial charge in [0.25, 0.3) is 0 Å². The molecule has 0 bridgehead atoms. The number of thiazole rings is 1. The summed E-state index contributed by atoms with van der Waals surface area (Å²) in [5.41, 5.74) is 6.08. The van der Waals surface area contributed by atoms with Gasteiger partial charge in [0.2, 0.25) is 17.7 Å². The zero-order valence-electron chi connectivity index (χ0n) is 32.8. The number of benzene rings is 1. The number of hydrogen-bond donors (Lipinski definition) is 3. The Labute approximate surface area is 320 Å². The van der Waals surface area contributed by atoms with Gasteiger partial charge in [0.1, 0.15) is 11.0 Å². The fourth-order valence-electron chi connectivity index (χ4n) is 7.13. The lowest BCUT2D eigenvalue weighted by atomic mass is 9.89. The summed E-state index contributed by atoms with van der Waals surface area (Å²) in [6, 6.07) is 8.79. The van der Waals surface area contributed by atoms with E-state index in [1.807, 2.05) is 48.5 Å². The Hall–Kier alpha value is -2.97. The standard InChI is InChI=1S/C39H62N6O5S2/c1-11-25(4)33(44(8)37(47)32(24(2)3)43-38(48)39(6,7)40)30(49-9)23-31(46)45-20-15-18-29(45)34(50-10)26(5)35(51)42-28(36-41-19-21-52-36)22-27-16-13-12-14-17-27/h12-14,16-17,19,21,24-26,28-30,32-34H,11,15,18,20,22-23,40H2,1-10H3,(H,42,51)(H,43,48). The molecule has 2 heterocycles. The predicted octanol–water partition coefficient (Wildman–Crippen LogP) is 5.14. The molecule has 1 fully saturated rings. The summed E-state index contributed by atoms with van der Waals surface area (Å²) in [6.07, 6.45) is 4.11. The Morgan fingerprint density at radius 1 is 1.12 bits per heavy atom. The smallest absolute Gasteiger partial charge is 0.245 e. The second-order valence-corrected chi connectivity index (χ2v) is 16.5. The van der Waals surface area contributed by atoms with Crippen LogP contribution in [0.2, 0.25) is 0 Å². The zero-order chi connectivity index (χ0) is 38.7. The minimum atomic E-state index is -1.14. The van der Waals surface area contributed by atoms with Crippen LogP contribution in [0.25, 0.3) is 0 Å². The number of rotatable bonds is 19. The van der Waals surface area contributed by atoms with Crippen LogP contribution in [0, 0.1) is 17.8 Å². The molecule has 1 aliphatic heterocycles. The van der Waals surface area contributed by atoms with Crippen molar-refractivity contribution in [1.29, 1.82) is 0 Å². The number of aromatic nitrogens is 1. The van der Waals surface area contributed by atoms with Gasteiger partial charge in [0.15, 0.2) is 0 Å². The number of likely N-dealkylation sites (N-methyl/N-ethyl adjacent to an activating group) is 1. The number of nitrogens with two attached hydrogens (primary N) is 1. The lowest BCUT2D eigenvalue weighted by Gasteiger charge is -2.41. The SMILES string of the molecule is CCC(C)C(C(CC(=O)N1CCCC1C(OC)C(C)C(=S)NC(Cc1ccccc1)c1nccs1)OC)N(C)C(=O)C(NC(=O)C(C)(C)N)C(C)C. The molecule has 1 aliphatic rings. The van der Waals surface area contributed by atoms with Crippen molar-refractivity contribution in [2.45, 2.75) is 122 Å². The molecule has 0 radical (unpaired) electrons. The molecule has 0 aliphatic carbocycles. The third-order valence-corrected chi connectivity index (χ3v) is 11.8. The van der Waals surface area contributed by atoms with E-state index in [1.54, 1.807) is 51.4 Å². The molecule has 1 aromatic heterocycles. The molecule has 4 N–H and O–H groups in total. The Morgan fingerprint density at radius 3 is 2.33 bits per heavy atom. The molecule has 13 heteroatoms. The summed E-state index contributed by atoms with van der Waals surface area (Å²) in [5.74, 6) is -1.07. The summed E-state index contributed by atoms with van der Waals surface area (Å²) in [6.45, 7) is 13.8. The van der Waals surface area contributed by atoms with Gasteiger partial charge in [-0.15, -0.1) is 11.3 Å². The van der Waals surface area contributed by atoms with E-state index in [-0.39, 0.29) is 54.2 Å². The minimum absolute atomic E-state index is 0.00685. The maximum Gasteiger partial charge on any atom is 0.245 e. The van der Waals surface area contributed by atoms with Crippen LogP contribution in [0.5, 0.6) is 0 Å². The van der Waals surface area contributed by atoms with Crippen molar-refractivity contribution in [2.75, 3.05) is 27.8 Å². The third kappa shape index (κ3) is 11.3. The molecule has 8 unspecified atom stereocenters. The van der Waals surface area contributed by atoms with Gasteiger partial charge in [-0.05, 0) is 50.5 Å². The molecule has 0 saturated carbocycles. The summed E-state index contributed by atoms with van der Waals surface area (Å²) in [4.78, 5) is 49.9. The molecule has 11 nitrogen and oxygen atoms in total. The van der Waals surface area contributed by atoms with Crippen LogP contribution in [-0.2, 0) is 30.3 Å². The van der Waals surface area contributed by atoms with Crippen molar-refractivity contribution in [3.8, 4) is 0 Å². The van der Waals surface area contributed by atoms with Crippen molar-refractivity contribution in [1.82, 2.24) is 25.4 Å². The first kappa shape index (κ1) is 43.4. The van der Waals surface area contributed by atoms with E-state index in [2.05, 4.69) is 48.5 Å². The predicted molar refractivity (Wildman–Crippen MR) is 212 cm³/mol. The van der Waals surface area contributed by atoms with Crippen LogP contribution < -0.4 is 16.4 Å². The van der Waals surface area contributed by atoms with Crippen LogP contribution in [0.15, 0.2) is 41.9 Å². The summed E-state index contributed by atoms with van der Waals surface area (Å²) in [5, 5.41) is 9.38. The van der Waals surface area contributed by atoms with Crippen molar-refractivity contribution < 1.29 is 23.9 Å². The summed E-state index contributed by atoms with van der Waals surface area (Å²) in [7, 11) is 5.00. The number of thiocarbonyl (C=S) groups is 1. The molecule has 1 saturated heterocycles. The first-order chi connectivity index (χ1) is 24.5. The molecule has 1 aromatic carbocycles. The van der Waals surface area contributed by atoms with Gasteiger partial charge >= 0.3 is 0 Å². The number of likely N-dealkylation sites (tertiary alicyclic amines) is 1. The lowest BCUT2D eigenvalue weighted by molar-refractivity contribution is -0.147. The van der Waals surface area contributed by atoms with E-state index >= 15 is 0 Å². The molecule has 3 rings (SSSR count). The van der Waals surface area contributed by atoms with Crippen LogP contribution >= 0.6 is 23.6 Å². The maximum absolute atomic E-state index is 14.2. The van der Waals surface area contributed by atoms with Crippen molar-refractivity contribution in [3.63, 3.8) is 0 Å². The van der Waals surface area contributed by atoms with Gasteiger partial charge < -0.3 is 35.6 Å². The molecule has 290 valence electrons. The average Bonchev–Trinajstić information content (AvgIpc) is 3.83. The lowest BCUT2D eigenvalue weighted by Crippen LogP contribution is -2.60. The second kappa shape index (κ2) is 19.9. The van der Waals surface area contributed by atoms with Gasteiger partial charge in [-0.25, -0.2) is 4.98 Å². The van der Waals surface area contributed by atoms with Gasteiger partial charge in [-0.2, -0.15) is 0 Å². The number of nitrogens with zero attached hydrogens (tertiary/aromatic N) is 3. The second-order valence-electron chi connectivity index (χ2n) is 15.1. The van der Waals surface area contributed by atoms with Crippen molar-refractivity contribution >= 4 is 46.3 Å². The Balaban J connectivity index is 1.78. The number of ether oxygens (including phenoxy) is 2. The zero-order valence-corrected chi connectivity index (χ0v) is 34.4. The summed E-state index contributed by atoms with van der Waals surface area (Å²) >= 11 is 7.61.